The predicted octanol–water partition coefficient (Wildman–Crippen LogP) is 2.98. The third-order valence-electron chi connectivity index (χ3n) is 3.65. The lowest BCUT2D eigenvalue weighted by atomic mass is 10.2. The highest BCUT2D eigenvalue weighted by atomic mass is 16.5. The zero-order chi connectivity index (χ0) is 14.2. The number of nitrogens with one attached hydrogen (secondary N) is 2. The molecule has 2 N–H and O–H groups in total. The van der Waals surface area contributed by atoms with Gasteiger partial charge in [0, 0.05) is 11.3 Å². The van der Waals surface area contributed by atoms with Crippen molar-refractivity contribution in [1.29, 1.82) is 0 Å². The van der Waals surface area contributed by atoms with E-state index < -0.39 is 0 Å². The summed E-state index contributed by atoms with van der Waals surface area (Å²) in [6.07, 6.45) is 4.17. The van der Waals surface area contributed by atoms with Crippen LogP contribution in [0.1, 0.15) is 24.5 Å². The van der Waals surface area contributed by atoms with Gasteiger partial charge >= 0.3 is 0 Å². The molecular weight excluding hydrogens is 266 g/mol. The fourth-order valence-corrected chi connectivity index (χ4v) is 2.37. The number of benzene rings is 1. The molecule has 4 rings (SSSR count). The van der Waals surface area contributed by atoms with Crippen molar-refractivity contribution in [2.24, 2.45) is 0 Å². The number of fused-ring (bicyclic) bond motifs is 1. The number of methoxy groups -OCH3 is 1. The Morgan fingerprint density at radius 1 is 1.24 bits per heavy atom. The van der Waals surface area contributed by atoms with Gasteiger partial charge in [-0.1, -0.05) is 12.1 Å². The van der Waals surface area contributed by atoms with E-state index >= 15 is 0 Å². The van der Waals surface area contributed by atoms with E-state index in [1.165, 1.54) is 12.8 Å². The lowest BCUT2D eigenvalue weighted by Crippen LogP contribution is -2.02. The molecule has 2 heterocycles. The highest BCUT2D eigenvalue weighted by Crippen LogP contribution is 2.40. The van der Waals surface area contributed by atoms with Gasteiger partial charge in [-0.15, -0.1) is 0 Å². The van der Waals surface area contributed by atoms with Crippen molar-refractivity contribution in [2.75, 3.05) is 12.4 Å². The zero-order valence-corrected chi connectivity index (χ0v) is 11.6. The summed E-state index contributed by atoms with van der Waals surface area (Å²) in [7, 11) is 1.59. The van der Waals surface area contributed by atoms with E-state index in [-0.39, 0.29) is 0 Å². The Labute approximate surface area is 121 Å². The van der Waals surface area contributed by atoms with Gasteiger partial charge in [-0.3, -0.25) is 5.10 Å². The largest absolute Gasteiger partial charge is 0.478 e. The molecule has 6 nitrogen and oxygen atoms in total. The second-order valence-electron chi connectivity index (χ2n) is 5.17. The molecule has 0 unspecified atom stereocenters. The molecule has 6 heteroatoms. The number of ether oxygens (including phenoxy) is 1. The van der Waals surface area contributed by atoms with Gasteiger partial charge in [0.05, 0.1) is 24.5 Å². The number of aromatic amines is 1. The number of aromatic nitrogens is 4. The van der Waals surface area contributed by atoms with Gasteiger partial charge in [-0.25, -0.2) is 9.97 Å². The molecule has 1 aliphatic rings. The Morgan fingerprint density at radius 3 is 2.90 bits per heavy atom. The Balaban J connectivity index is 1.73. The van der Waals surface area contributed by atoms with Crippen LogP contribution in [-0.4, -0.2) is 27.3 Å². The van der Waals surface area contributed by atoms with Crippen molar-refractivity contribution in [1.82, 2.24) is 20.2 Å². The predicted molar refractivity (Wildman–Crippen MR) is 79.9 cm³/mol. The molecule has 106 valence electrons. The van der Waals surface area contributed by atoms with Crippen LogP contribution in [0.5, 0.6) is 5.88 Å². The molecule has 1 aliphatic carbocycles. The van der Waals surface area contributed by atoms with Crippen LogP contribution in [0.15, 0.2) is 30.5 Å². The second-order valence-corrected chi connectivity index (χ2v) is 5.17. The lowest BCUT2D eigenvalue weighted by molar-refractivity contribution is 0.397. The van der Waals surface area contributed by atoms with E-state index in [0.717, 1.165) is 22.4 Å². The third kappa shape index (κ3) is 2.18. The maximum absolute atomic E-state index is 5.29. The first-order valence-electron chi connectivity index (χ1n) is 6.96. The third-order valence-corrected chi connectivity index (χ3v) is 3.65. The van der Waals surface area contributed by atoms with E-state index in [4.69, 9.17) is 4.74 Å². The summed E-state index contributed by atoms with van der Waals surface area (Å²) in [5.41, 5.74) is 1.99. The standard InChI is InChI=1S/C15H15N5O/c1-21-15-14(17-12(8-16-15)9-6-7-9)18-13-10-4-2-3-5-11(10)19-20-13/h2-5,8-9H,6-7H2,1H3,(H2,17,18,19,20). The number of H-pyrrole nitrogens is 1. The van der Waals surface area contributed by atoms with Crippen LogP contribution in [0.4, 0.5) is 11.6 Å². The highest BCUT2D eigenvalue weighted by Gasteiger charge is 2.26. The SMILES string of the molecule is COc1ncc(C2CC2)nc1Nc1n[nH]c2ccccc12. The van der Waals surface area contributed by atoms with Crippen LogP contribution < -0.4 is 10.1 Å². The summed E-state index contributed by atoms with van der Waals surface area (Å²) in [5, 5.41) is 11.5. The summed E-state index contributed by atoms with van der Waals surface area (Å²) < 4.78 is 5.29. The Hall–Kier alpha value is -2.63. The summed E-state index contributed by atoms with van der Waals surface area (Å²) in [5.74, 6) is 2.36. The fourth-order valence-electron chi connectivity index (χ4n) is 2.37. The molecule has 0 spiro atoms. The van der Waals surface area contributed by atoms with Crippen molar-refractivity contribution in [3.8, 4) is 5.88 Å². The number of nitrogens with zero attached hydrogens (tertiary/aromatic N) is 3. The molecule has 21 heavy (non-hydrogen) atoms. The highest BCUT2D eigenvalue weighted by molar-refractivity contribution is 5.91. The van der Waals surface area contributed by atoms with Crippen LogP contribution in [0, 0.1) is 0 Å². The molecule has 0 amide bonds. The molecular formula is C15H15N5O. The summed E-state index contributed by atoms with van der Waals surface area (Å²) in [6.45, 7) is 0. The molecule has 1 fully saturated rings. The van der Waals surface area contributed by atoms with Crippen molar-refractivity contribution in [3.05, 3.63) is 36.2 Å². The average molecular weight is 281 g/mol. The molecule has 0 aliphatic heterocycles. The van der Waals surface area contributed by atoms with Gasteiger partial charge < -0.3 is 10.1 Å². The first-order valence-corrected chi connectivity index (χ1v) is 6.96. The van der Waals surface area contributed by atoms with Gasteiger partial charge in [-0.2, -0.15) is 5.10 Å². The minimum Gasteiger partial charge on any atom is -0.478 e. The molecule has 3 aromatic rings. The topological polar surface area (TPSA) is 75.7 Å². The smallest absolute Gasteiger partial charge is 0.257 e. The summed E-state index contributed by atoms with van der Waals surface area (Å²) in [6, 6.07) is 7.94. The van der Waals surface area contributed by atoms with Crippen LogP contribution in [0.3, 0.4) is 0 Å². The molecule has 2 aromatic heterocycles. The van der Waals surface area contributed by atoms with Crippen molar-refractivity contribution < 1.29 is 4.74 Å². The van der Waals surface area contributed by atoms with Crippen molar-refractivity contribution in [2.45, 2.75) is 18.8 Å². The maximum Gasteiger partial charge on any atom is 0.257 e. The number of hydrogen-bond donors (Lipinski definition) is 2. The van der Waals surface area contributed by atoms with Gasteiger partial charge in [0.25, 0.3) is 5.88 Å². The van der Waals surface area contributed by atoms with Crippen molar-refractivity contribution in [3.63, 3.8) is 0 Å². The van der Waals surface area contributed by atoms with E-state index in [1.807, 2.05) is 24.3 Å². The van der Waals surface area contributed by atoms with E-state index in [1.54, 1.807) is 13.3 Å². The van der Waals surface area contributed by atoms with Crippen molar-refractivity contribution >= 4 is 22.5 Å². The van der Waals surface area contributed by atoms with Crippen LogP contribution >= 0.6 is 0 Å². The van der Waals surface area contributed by atoms with E-state index in [9.17, 15) is 0 Å². The van der Waals surface area contributed by atoms with Crippen LogP contribution in [-0.2, 0) is 0 Å². The Morgan fingerprint density at radius 2 is 2.10 bits per heavy atom. The zero-order valence-electron chi connectivity index (χ0n) is 11.6. The first-order chi connectivity index (χ1) is 10.3. The number of rotatable bonds is 4. The molecule has 0 atom stereocenters. The number of para-hydroxylation sites is 1. The average Bonchev–Trinajstić information content (AvgIpc) is 3.30. The fraction of sp³-hybridized carbons (Fsp3) is 0.267. The van der Waals surface area contributed by atoms with E-state index in [2.05, 4.69) is 25.5 Å². The molecule has 1 saturated carbocycles. The van der Waals surface area contributed by atoms with Crippen LogP contribution in [0.25, 0.3) is 10.9 Å². The monoisotopic (exact) mass is 281 g/mol. The number of hydrogen-bond acceptors (Lipinski definition) is 5. The van der Waals surface area contributed by atoms with E-state index in [0.29, 0.717) is 17.6 Å². The Kier molecular flexibility index (Phi) is 2.73. The van der Waals surface area contributed by atoms with Gasteiger partial charge in [-0.05, 0) is 25.0 Å². The molecule has 0 bridgehead atoms. The first kappa shape index (κ1) is 12.1. The van der Waals surface area contributed by atoms with Gasteiger partial charge in [0.1, 0.15) is 0 Å². The van der Waals surface area contributed by atoms with Crippen LogP contribution in [0.2, 0.25) is 0 Å². The number of anilines is 2. The molecule has 1 aromatic carbocycles. The quantitative estimate of drug-likeness (QED) is 0.769. The van der Waals surface area contributed by atoms with Gasteiger partial charge in [0.15, 0.2) is 11.6 Å². The second kappa shape index (κ2) is 4.73. The minimum atomic E-state index is 0.478. The molecule has 0 saturated heterocycles. The minimum absolute atomic E-state index is 0.478. The maximum atomic E-state index is 5.29. The summed E-state index contributed by atoms with van der Waals surface area (Å²) >= 11 is 0. The normalized spacial score (nSPS) is 14.3. The lowest BCUT2D eigenvalue weighted by Gasteiger charge is -2.09. The summed E-state index contributed by atoms with van der Waals surface area (Å²) in [4.78, 5) is 8.97. The Bertz CT molecular complexity index is 794. The van der Waals surface area contributed by atoms with Gasteiger partial charge in [0.2, 0.25) is 0 Å². The molecule has 0 radical (unpaired) electrons.